The van der Waals surface area contributed by atoms with E-state index in [9.17, 15) is 14.7 Å². The molecule has 1 heterocycles. The van der Waals surface area contributed by atoms with Crippen LogP contribution in [0, 0.1) is 0 Å². The fourth-order valence-corrected chi connectivity index (χ4v) is 6.33. The fourth-order valence-electron chi connectivity index (χ4n) is 6.33. The third kappa shape index (κ3) is 24.0. The molecular formula is C43H76O11. The third-order valence-corrected chi connectivity index (χ3v) is 9.31. The van der Waals surface area contributed by atoms with Crippen molar-refractivity contribution in [1.29, 1.82) is 0 Å². The lowest BCUT2D eigenvalue weighted by atomic mass is 9.98. The number of allylic oxidation sites excluding steroid dienone is 1. The zero-order chi connectivity index (χ0) is 40.4. The van der Waals surface area contributed by atoms with E-state index >= 15 is 0 Å². The minimum atomic E-state index is -1.18. The van der Waals surface area contributed by atoms with Crippen LogP contribution in [0.4, 0.5) is 9.59 Å². The molecule has 1 aliphatic heterocycles. The average molecular weight is 770 g/mol. The first-order valence-corrected chi connectivity index (χ1v) is 21.0. The second-order valence-electron chi connectivity index (χ2n) is 14.0. The van der Waals surface area contributed by atoms with E-state index in [-0.39, 0.29) is 19.8 Å². The molecule has 11 nitrogen and oxygen atoms in total. The van der Waals surface area contributed by atoms with Gasteiger partial charge in [-0.3, -0.25) is 0 Å². The molecule has 1 aliphatic rings. The summed E-state index contributed by atoms with van der Waals surface area (Å²) in [5.74, 6) is 0. The minimum absolute atomic E-state index is 0.0401. The standard InChI is InChI=1S/C43H76O11/c1-6-11-13-15-17-19-21-23-25-27-33-47-39-38(54-43(46)51-32-10-5)37(35-44)53-41(49-30-8-3)40(39)48-34-29-36(52-42(45)50-31-9-4)28-26-24-22-20-18-16-14-12-7-2/h8-10,30,36-41,44H,4-7,11-29,31-35H2,1-3H3/b30-8+/t36-,37-,38-,39+,40-,41?/m1/s1/i33D/t33?,36-,37-,38-,39+,40-,41?. The van der Waals surface area contributed by atoms with Crippen LogP contribution in [0.15, 0.2) is 37.6 Å². The van der Waals surface area contributed by atoms with E-state index in [0.29, 0.717) is 19.3 Å². The highest BCUT2D eigenvalue weighted by atomic mass is 16.8. The zero-order valence-electron chi connectivity index (χ0n) is 35.0. The lowest BCUT2D eigenvalue weighted by Gasteiger charge is -2.44. The number of carbonyl (C=O) groups excluding carboxylic acids is 2. The molecule has 11 heteroatoms. The van der Waals surface area contributed by atoms with E-state index in [1.54, 1.807) is 13.0 Å². The molecule has 54 heavy (non-hydrogen) atoms. The molecular weight excluding hydrogens is 692 g/mol. The Balaban J connectivity index is 3.07. The molecule has 0 saturated carbocycles. The van der Waals surface area contributed by atoms with Gasteiger partial charge in [-0.05, 0) is 26.2 Å². The van der Waals surface area contributed by atoms with Crippen LogP contribution in [0.1, 0.15) is 157 Å². The number of hydrogen-bond donors (Lipinski definition) is 1. The van der Waals surface area contributed by atoms with Gasteiger partial charge >= 0.3 is 12.3 Å². The van der Waals surface area contributed by atoms with E-state index in [0.717, 1.165) is 38.5 Å². The molecule has 1 saturated heterocycles. The minimum Gasteiger partial charge on any atom is -0.470 e. The second kappa shape index (κ2) is 34.9. The van der Waals surface area contributed by atoms with Crippen molar-refractivity contribution in [3.8, 4) is 0 Å². The van der Waals surface area contributed by atoms with Gasteiger partial charge in [-0.25, -0.2) is 9.59 Å². The molecule has 0 aromatic carbocycles. The molecule has 1 fully saturated rings. The first-order chi connectivity index (χ1) is 26.8. The van der Waals surface area contributed by atoms with E-state index in [1.807, 2.05) is 0 Å². The van der Waals surface area contributed by atoms with Gasteiger partial charge in [0.25, 0.3) is 0 Å². The van der Waals surface area contributed by atoms with Gasteiger partial charge in [0.15, 0.2) is 6.10 Å². The highest BCUT2D eigenvalue weighted by Gasteiger charge is 2.50. The molecule has 7 atom stereocenters. The van der Waals surface area contributed by atoms with Crippen molar-refractivity contribution in [2.45, 2.75) is 192 Å². The lowest BCUT2D eigenvalue weighted by molar-refractivity contribution is -0.306. The van der Waals surface area contributed by atoms with E-state index in [2.05, 4.69) is 27.0 Å². The summed E-state index contributed by atoms with van der Waals surface area (Å²) in [7, 11) is 0. The first kappa shape index (κ1) is 47.6. The van der Waals surface area contributed by atoms with Gasteiger partial charge in [-0.15, -0.1) is 0 Å². The van der Waals surface area contributed by atoms with Crippen LogP contribution < -0.4 is 0 Å². The second-order valence-corrected chi connectivity index (χ2v) is 14.0. The van der Waals surface area contributed by atoms with Crippen molar-refractivity contribution in [1.82, 2.24) is 0 Å². The van der Waals surface area contributed by atoms with Crippen LogP contribution in [0.2, 0.25) is 0 Å². The molecule has 1 rings (SSSR count). The normalized spacial score (nSPS) is 21.2. The number of ether oxygens (including phenoxy) is 8. The van der Waals surface area contributed by atoms with Crippen LogP contribution >= 0.6 is 0 Å². The van der Waals surface area contributed by atoms with Crippen molar-refractivity contribution >= 4 is 12.3 Å². The summed E-state index contributed by atoms with van der Waals surface area (Å²) in [6.45, 7) is 11.9. The summed E-state index contributed by atoms with van der Waals surface area (Å²) in [4.78, 5) is 25.2. The zero-order valence-corrected chi connectivity index (χ0v) is 34.0. The monoisotopic (exact) mass is 770 g/mol. The smallest absolute Gasteiger partial charge is 0.470 e. The van der Waals surface area contributed by atoms with Crippen LogP contribution in [0.5, 0.6) is 0 Å². The van der Waals surface area contributed by atoms with Crippen LogP contribution in [-0.4, -0.2) is 87.2 Å². The molecule has 0 aliphatic carbocycles. The summed E-state index contributed by atoms with van der Waals surface area (Å²) < 4.78 is 55.1. The molecule has 2 unspecified atom stereocenters. The van der Waals surface area contributed by atoms with E-state index < -0.39 is 62.3 Å². The average Bonchev–Trinajstić information content (AvgIpc) is 3.18. The summed E-state index contributed by atoms with van der Waals surface area (Å²) >= 11 is 0. The van der Waals surface area contributed by atoms with Gasteiger partial charge in [-0.2, -0.15) is 0 Å². The molecule has 0 bridgehead atoms. The Morgan fingerprint density at radius 1 is 0.722 bits per heavy atom. The molecule has 1 N–H and O–H groups in total. The predicted octanol–water partition coefficient (Wildman–Crippen LogP) is 10.7. The largest absolute Gasteiger partial charge is 0.509 e. The number of unbranched alkanes of at least 4 members (excludes halogenated alkanes) is 16. The Bertz CT molecular complexity index is 996. The van der Waals surface area contributed by atoms with E-state index in [1.165, 1.54) is 95.5 Å². The molecule has 0 radical (unpaired) electrons. The highest BCUT2D eigenvalue weighted by Crippen LogP contribution is 2.30. The Labute approximate surface area is 328 Å². The van der Waals surface area contributed by atoms with Gasteiger partial charge in [0.1, 0.15) is 37.6 Å². The van der Waals surface area contributed by atoms with Crippen LogP contribution in [-0.2, 0) is 37.9 Å². The van der Waals surface area contributed by atoms with Crippen molar-refractivity contribution in [3.05, 3.63) is 37.6 Å². The summed E-state index contributed by atoms with van der Waals surface area (Å²) in [5.41, 5.74) is 0. The Hall–Kier alpha value is -2.60. The van der Waals surface area contributed by atoms with Crippen LogP contribution in [0.25, 0.3) is 0 Å². The van der Waals surface area contributed by atoms with Crippen LogP contribution in [0.3, 0.4) is 0 Å². The molecule has 0 aromatic rings. The number of hydrogen-bond acceptors (Lipinski definition) is 11. The van der Waals surface area contributed by atoms with Gasteiger partial charge in [0, 0.05) is 13.0 Å². The molecule has 0 amide bonds. The quantitative estimate of drug-likeness (QED) is 0.0286. The maximum absolute atomic E-state index is 12.7. The highest BCUT2D eigenvalue weighted by molar-refractivity contribution is 5.60. The van der Waals surface area contributed by atoms with Crippen molar-refractivity contribution in [3.63, 3.8) is 0 Å². The van der Waals surface area contributed by atoms with Gasteiger partial charge in [0.2, 0.25) is 6.29 Å². The lowest BCUT2D eigenvalue weighted by Crippen LogP contribution is -2.62. The SMILES string of the molecule is [2H]C(CCCCCCCCCCC)O[C@H]1[C@H](OC(=O)OCC=C)[C@@H](CO)OC(O/C=C/C)[C@@H]1OCC[C@@H](CCCCCCCCCCC)OC(=O)OCC=C. The van der Waals surface area contributed by atoms with Crippen molar-refractivity contribution in [2.24, 2.45) is 0 Å². The molecule has 314 valence electrons. The number of rotatable bonds is 35. The number of carbonyl (C=O) groups is 2. The number of aliphatic hydroxyl groups is 1. The molecule has 0 spiro atoms. The van der Waals surface area contributed by atoms with Crippen molar-refractivity contribution < 1.29 is 54.0 Å². The molecule has 0 aromatic heterocycles. The van der Waals surface area contributed by atoms with Crippen molar-refractivity contribution in [2.75, 3.05) is 33.0 Å². The Morgan fingerprint density at radius 3 is 1.80 bits per heavy atom. The van der Waals surface area contributed by atoms with Gasteiger partial charge in [-0.1, -0.05) is 154 Å². The maximum Gasteiger partial charge on any atom is 0.509 e. The summed E-state index contributed by atoms with van der Waals surface area (Å²) in [5, 5.41) is 10.3. The third-order valence-electron chi connectivity index (χ3n) is 9.31. The topological polar surface area (TPSA) is 128 Å². The van der Waals surface area contributed by atoms with Gasteiger partial charge in [0.05, 0.1) is 20.8 Å². The Kier molecular flexibility index (Phi) is 30.7. The summed E-state index contributed by atoms with van der Waals surface area (Å²) in [6, 6.07) is 0. The summed E-state index contributed by atoms with van der Waals surface area (Å²) in [6.07, 6.45) is 20.6. The fraction of sp³-hybridized carbons (Fsp3) is 0.814. The Morgan fingerprint density at radius 2 is 1.26 bits per heavy atom. The number of aliphatic hydroxyl groups excluding tert-OH is 1. The van der Waals surface area contributed by atoms with E-state index in [4.69, 9.17) is 39.3 Å². The van der Waals surface area contributed by atoms with Gasteiger partial charge < -0.3 is 43.0 Å². The maximum atomic E-state index is 12.7. The predicted molar refractivity (Wildman–Crippen MR) is 212 cm³/mol. The first-order valence-electron chi connectivity index (χ1n) is 21.5.